The third kappa shape index (κ3) is 3.32. The van der Waals surface area contributed by atoms with Gasteiger partial charge < -0.3 is 10.2 Å². The number of aromatic hydroxyl groups is 1. The van der Waals surface area contributed by atoms with E-state index in [1.807, 2.05) is 30.3 Å². The molecule has 0 saturated carbocycles. The summed E-state index contributed by atoms with van der Waals surface area (Å²) in [6, 6.07) is 12.3. The van der Waals surface area contributed by atoms with Crippen molar-refractivity contribution in [1.29, 1.82) is 0 Å². The zero-order valence-electron chi connectivity index (χ0n) is 13.8. The van der Waals surface area contributed by atoms with Crippen molar-refractivity contribution in [3.8, 4) is 5.75 Å². The molecule has 26 heavy (non-hydrogen) atoms. The number of hydrogen-bond acceptors (Lipinski definition) is 5. The number of carbonyl (C=O) groups is 2. The monoisotopic (exact) mass is 352 g/mol. The van der Waals surface area contributed by atoms with E-state index in [0.29, 0.717) is 0 Å². The van der Waals surface area contributed by atoms with Gasteiger partial charge in [0.25, 0.3) is 5.56 Å². The maximum atomic E-state index is 12.9. The number of nitrogens with zero attached hydrogens (tertiary/aromatic N) is 2. The van der Waals surface area contributed by atoms with Gasteiger partial charge in [-0.2, -0.15) is 0 Å². The van der Waals surface area contributed by atoms with Gasteiger partial charge >= 0.3 is 5.97 Å². The van der Waals surface area contributed by atoms with Crippen molar-refractivity contribution < 1.29 is 19.8 Å². The summed E-state index contributed by atoms with van der Waals surface area (Å²) in [5.41, 5.74) is 0.000406. The highest BCUT2D eigenvalue weighted by Gasteiger charge is 2.23. The van der Waals surface area contributed by atoms with Crippen LogP contribution in [-0.4, -0.2) is 31.5 Å². The van der Waals surface area contributed by atoms with Gasteiger partial charge in [0.2, 0.25) is 0 Å². The lowest BCUT2D eigenvalue weighted by atomic mass is 10.0. The largest absolute Gasteiger partial charge is 0.506 e. The highest BCUT2D eigenvalue weighted by molar-refractivity contribution is 6.03. The van der Waals surface area contributed by atoms with E-state index >= 15 is 0 Å². The second-order valence-electron chi connectivity index (χ2n) is 5.79. The minimum Gasteiger partial charge on any atom is -0.506 e. The molecule has 2 aromatic heterocycles. The summed E-state index contributed by atoms with van der Waals surface area (Å²) >= 11 is 0. The molecule has 0 aliphatic heterocycles. The summed E-state index contributed by atoms with van der Waals surface area (Å²) in [7, 11) is 0. The number of hydrogen-bond donors (Lipinski definition) is 2. The Balaban J connectivity index is 2.18. The molecule has 0 bridgehead atoms. The molecule has 0 fully saturated rings. The Kier molecular flexibility index (Phi) is 4.79. The van der Waals surface area contributed by atoms with Crippen LogP contribution in [0, 0.1) is 0 Å². The van der Waals surface area contributed by atoms with Crippen molar-refractivity contribution in [2.45, 2.75) is 19.4 Å². The van der Waals surface area contributed by atoms with E-state index in [1.165, 1.54) is 10.8 Å². The number of carbonyl (C=O) groups excluding carboxylic acids is 1. The molecule has 0 aliphatic carbocycles. The first kappa shape index (κ1) is 17.3. The van der Waals surface area contributed by atoms with Gasteiger partial charge in [-0.3, -0.25) is 19.0 Å². The van der Waals surface area contributed by atoms with E-state index < -0.39 is 35.0 Å². The van der Waals surface area contributed by atoms with Crippen molar-refractivity contribution in [2.75, 3.05) is 0 Å². The average Bonchev–Trinajstić information content (AvgIpc) is 2.64. The average molecular weight is 352 g/mol. The molecular formula is C19H16N2O5. The molecule has 1 aromatic carbocycles. The quantitative estimate of drug-likeness (QED) is 0.658. The Morgan fingerprint density at radius 2 is 1.77 bits per heavy atom. The fraction of sp³-hybridized carbons (Fsp3) is 0.158. The first-order valence-corrected chi connectivity index (χ1v) is 7.98. The van der Waals surface area contributed by atoms with Gasteiger partial charge in [-0.25, -0.2) is 4.98 Å². The molecule has 0 saturated heterocycles. The second kappa shape index (κ2) is 7.18. The maximum absolute atomic E-state index is 12.9. The predicted octanol–water partition coefficient (Wildman–Crippen LogP) is 2.20. The first-order chi connectivity index (χ1) is 12.5. The predicted molar refractivity (Wildman–Crippen MR) is 94.4 cm³/mol. The van der Waals surface area contributed by atoms with Crippen LogP contribution in [0.15, 0.2) is 53.5 Å². The lowest BCUT2D eigenvalue weighted by Crippen LogP contribution is -2.28. The normalized spacial score (nSPS) is 10.8. The summed E-state index contributed by atoms with van der Waals surface area (Å²) < 4.78 is 1.32. The molecule has 2 N–H and O–H groups in total. The van der Waals surface area contributed by atoms with Crippen molar-refractivity contribution >= 4 is 22.8 Å². The summed E-state index contributed by atoms with van der Waals surface area (Å²) in [6.45, 7) is 0.173. The van der Waals surface area contributed by atoms with Crippen LogP contribution in [0.3, 0.4) is 0 Å². The van der Waals surface area contributed by atoms with Crippen LogP contribution in [0.1, 0.15) is 28.8 Å². The number of carboxylic acid groups (broad SMARTS) is 1. The zero-order chi connectivity index (χ0) is 18.7. The Bertz CT molecular complexity index is 1040. The van der Waals surface area contributed by atoms with Crippen LogP contribution in [0.2, 0.25) is 0 Å². The summed E-state index contributed by atoms with van der Waals surface area (Å²) in [6.07, 6.45) is 0.714. The number of benzene rings is 1. The Hall–Kier alpha value is -3.48. The molecule has 0 atom stereocenters. The highest BCUT2D eigenvalue weighted by Crippen LogP contribution is 2.26. The lowest BCUT2D eigenvalue weighted by molar-refractivity contribution is -0.136. The van der Waals surface area contributed by atoms with Crippen LogP contribution in [-0.2, 0) is 11.3 Å². The number of Topliss-reactive ketones (excluding diaryl/α,β-unsaturated/α-hetero) is 1. The molecule has 0 unspecified atom stereocenters. The van der Waals surface area contributed by atoms with Gasteiger partial charge in [-0.15, -0.1) is 0 Å². The highest BCUT2D eigenvalue weighted by atomic mass is 16.4. The molecule has 7 nitrogen and oxygen atoms in total. The Labute approximate surface area is 148 Å². The van der Waals surface area contributed by atoms with Crippen molar-refractivity contribution in [2.24, 2.45) is 0 Å². The lowest BCUT2D eigenvalue weighted by Gasteiger charge is -2.13. The fourth-order valence-corrected chi connectivity index (χ4v) is 2.77. The molecule has 0 aliphatic rings. The number of ketones is 1. The van der Waals surface area contributed by atoms with Crippen LogP contribution in [0.5, 0.6) is 5.75 Å². The van der Waals surface area contributed by atoms with E-state index in [9.17, 15) is 19.5 Å². The second-order valence-corrected chi connectivity index (χ2v) is 5.79. The number of rotatable bonds is 6. The molecule has 0 spiro atoms. The van der Waals surface area contributed by atoms with E-state index in [-0.39, 0.29) is 24.0 Å². The Morgan fingerprint density at radius 3 is 2.46 bits per heavy atom. The molecule has 3 aromatic rings. The van der Waals surface area contributed by atoms with E-state index in [2.05, 4.69) is 4.98 Å². The van der Waals surface area contributed by atoms with Crippen molar-refractivity contribution in [3.05, 3.63) is 70.1 Å². The molecule has 0 amide bonds. The van der Waals surface area contributed by atoms with E-state index in [4.69, 9.17) is 5.11 Å². The molecule has 3 rings (SSSR count). The summed E-state index contributed by atoms with van der Waals surface area (Å²) in [5.74, 6) is -2.31. The molecule has 0 radical (unpaired) electrons. The number of aromatic nitrogens is 2. The third-order valence-corrected chi connectivity index (χ3v) is 4.02. The minimum atomic E-state index is -1.15. The van der Waals surface area contributed by atoms with Crippen LogP contribution < -0.4 is 5.56 Å². The van der Waals surface area contributed by atoms with Gasteiger partial charge in [0, 0.05) is 12.6 Å². The van der Waals surface area contributed by atoms with E-state index in [1.54, 1.807) is 12.1 Å². The molecule has 2 heterocycles. The van der Waals surface area contributed by atoms with Gasteiger partial charge in [0.15, 0.2) is 5.78 Å². The summed E-state index contributed by atoms with van der Waals surface area (Å²) in [5, 5.41) is 19.5. The van der Waals surface area contributed by atoms with Gasteiger partial charge in [0.05, 0.1) is 18.4 Å². The standard InChI is InChI=1S/C19H16N2O5/c22-14(8-9-15(23)24)16-17(25)13-7-4-10-20-18(13)21(19(16)26)11-12-5-2-1-3-6-12/h1-7,10,25H,8-9,11H2,(H,23,24). The Morgan fingerprint density at radius 1 is 1.04 bits per heavy atom. The SMILES string of the molecule is O=C(O)CCC(=O)c1c(O)c2cccnc2n(Cc2ccccc2)c1=O. The van der Waals surface area contributed by atoms with Crippen LogP contribution in [0.25, 0.3) is 11.0 Å². The zero-order valence-corrected chi connectivity index (χ0v) is 13.8. The third-order valence-electron chi connectivity index (χ3n) is 4.02. The number of fused-ring (bicyclic) bond motifs is 1. The van der Waals surface area contributed by atoms with Gasteiger partial charge in [-0.1, -0.05) is 30.3 Å². The number of aliphatic carboxylic acids is 1. The fourth-order valence-electron chi connectivity index (χ4n) is 2.77. The number of pyridine rings is 2. The molecular weight excluding hydrogens is 336 g/mol. The number of carboxylic acids is 1. The topological polar surface area (TPSA) is 109 Å². The van der Waals surface area contributed by atoms with Crippen LogP contribution in [0.4, 0.5) is 0 Å². The van der Waals surface area contributed by atoms with Crippen molar-refractivity contribution in [1.82, 2.24) is 9.55 Å². The van der Waals surface area contributed by atoms with Crippen molar-refractivity contribution in [3.63, 3.8) is 0 Å². The van der Waals surface area contributed by atoms with Gasteiger partial charge in [-0.05, 0) is 17.7 Å². The van der Waals surface area contributed by atoms with Crippen LogP contribution >= 0.6 is 0 Å². The molecule has 132 valence electrons. The first-order valence-electron chi connectivity index (χ1n) is 7.98. The smallest absolute Gasteiger partial charge is 0.303 e. The van der Waals surface area contributed by atoms with E-state index in [0.717, 1.165) is 5.56 Å². The molecule has 7 heteroatoms. The summed E-state index contributed by atoms with van der Waals surface area (Å²) in [4.78, 5) is 40.2. The van der Waals surface area contributed by atoms with Gasteiger partial charge in [0.1, 0.15) is 17.0 Å². The maximum Gasteiger partial charge on any atom is 0.303 e. The minimum absolute atomic E-state index is 0.173.